The Labute approximate surface area is 137 Å². The summed E-state index contributed by atoms with van der Waals surface area (Å²) in [5.41, 5.74) is 0.883. The molecule has 0 aromatic carbocycles. The van der Waals surface area contributed by atoms with Crippen molar-refractivity contribution in [2.75, 3.05) is 49.5 Å². The lowest BCUT2D eigenvalue weighted by Crippen LogP contribution is -2.46. The van der Waals surface area contributed by atoms with E-state index in [4.69, 9.17) is 4.98 Å². The fraction of sp³-hybridized carbons (Fsp3) is 0.643. The van der Waals surface area contributed by atoms with Crippen molar-refractivity contribution in [3.05, 3.63) is 6.20 Å². The SMILES string of the molecule is CCNc1nc(N2CCN(CC)CC2)c2cnn(C)c2n1.Cl. The molecule has 0 aliphatic carbocycles. The van der Waals surface area contributed by atoms with Crippen molar-refractivity contribution in [2.45, 2.75) is 13.8 Å². The van der Waals surface area contributed by atoms with Gasteiger partial charge in [-0.15, -0.1) is 12.4 Å². The minimum absolute atomic E-state index is 0. The molecule has 0 atom stereocenters. The second-order valence-corrected chi connectivity index (χ2v) is 5.33. The van der Waals surface area contributed by atoms with Gasteiger partial charge in [0.25, 0.3) is 0 Å². The molecule has 1 N–H and O–H groups in total. The van der Waals surface area contributed by atoms with Gasteiger partial charge >= 0.3 is 0 Å². The predicted octanol–water partition coefficient (Wildman–Crippen LogP) is 1.36. The molecule has 0 saturated carbocycles. The highest BCUT2D eigenvalue weighted by atomic mass is 35.5. The lowest BCUT2D eigenvalue weighted by Gasteiger charge is -2.35. The summed E-state index contributed by atoms with van der Waals surface area (Å²) in [5, 5.41) is 8.58. The maximum Gasteiger partial charge on any atom is 0.226 e. The van der Waals surface area contributed by atoms with E-state index >= 15 is 0 Å². The van der Waals surface area contributed by atoms with Gasteiger partial charge in [-0.1, -0.05) is 6.92 Å². The van der Waals surface area contributed by atoms with Crippen LogP contribution in [-0.2, 0) is 7.05 Å². The lowest BCUT2D eigenvalue weighted by molar-refractivity contribution is 0.271. The first-order chi connectivity index (χ1) is 10.2. The maximum absolute atomic E-state index is 4.71. The van der Waals surface area contributed by atoms with Gasteiger partial charge in [0.15, 0.2) is 5.65 Å². The van der Waals surface area contributed by atoms with E-state index in [0.717, 1.165) is 56.1 Å². The Morgan fingerprint density at radius 1 is 1.14 bits per heavy atom. The molecular weight excluding hydrogens is 302 g/mol. The molecule has 2 aromatic rings. The summed E-state index contributed by atoms with van der Waals surface area (Å²) in [6.07, 6.45) is 1.87. The van der Waals surface area contributed by atoms with Gasteiger partial charge in [-0.3, -0.25) is 4.68 Å². The summed E-state index contributed by atoms with van der Waals surface area (Å²) in [7, 11) is 1.92. The third-order valence-electron chi connectivity index (χ3n) is 4.03. The Balaban J connectivity index is 0.00000176. The van der Waals surface area contributed by atoms with Crippen LogP contribution in [-0.4, -0.2) is 63.9 Å². The van der Waals surface area contributed by atoms with Gasteiger partial charge in [0.1, 0.15) is 5.82 Å². The number of piperazine rings is 1. The third-order valence-corrected chi connectivity index (χ3v) is 4.03. The molecule has 7 nitrogen and oxygen atoms in total. The predicted molar refractivity (Wildman–Crippen MR) is 92.0 cm³/mol. The number of fused-ring (bicyclic) bond motifs is 1. The zero-order valence-corrected chi connectivity index (χ0v) is 14.2. The minimum atomic E-state index is 0. The van der Waals surface area contributed by atoms with Crippen LogP contribution in [0, 0.1) is 0 Å². The van der Waals surface area contributed by atoms with Crippen LogP contribution in [0.3, 0.4) is 0 Å². The molecular formula is C14H24ClN7. The Kier molecular flexibility index (Phi) is 5.42. The number of rotatable bonds is 4. The molecule has 0 bridgehead atoms. The number of nitrogens with one attached hydrogen (secondary N) is 1. The first-order valence-electron chi connectivity index (χ1n) is 7.63. The van der Waals surface area contributed by atoms with Crippen molar-refractivity contribution in [2.24, 2.45) is 7.05 Å². The van der Waals surface area contributed by atoms with Crippen LogP contribution < -0.4 is 10.2 Å². The van der Waals surface area contributed by atoms with Gasteiger partial charge in [-0.25, -0.2) is 0 Å². The van der Waals surface area contributed by atoms with Gasteiger partial charge in [-0.2, -0.15) is 15.1 Å². The topological polar surface area (TPSA) is 62.1 Å². The molecule has 1 aliphatic heterocycles. The minimum Gasteiger partial charge on any atom is -0.354 e. The van der Waals surface area contributed by atoms with E-state index in [1.165, 1.54) is 0 Å². The summed E-state index contributed by atoms with van der Waals surface area (Å²) in [6.45, 7) is 10.4. The fourth-order valence-corrected chi connectivity index (χ4v) is 2.76. The van der Waals surface area contributed by atoms with E-state index in [-0.39, 0.29) is 12.4 Å². The number of anilines is 2. The molecule has 122 valence electrons. The van der Waals surface area contributed by atoms with Crippen LogP contribution >= 0.6 is 12.4 Å². The maximum atomic E-state index is 4.71. The molecule has 0 amide bonds. The number of halogens is 1. The smallest absolute Gasteiger partial charge is 0.226 e. The normalized spacial score (nSPS) is 15.9. The van der Waals surface area contributed by atoms with Gasteiger partial charge in [0.05, 0.1) is 11.6 Å². The average Bonchev–Trinajstić information content (AvgIpc) is 2.89. The van der Waals surface area contributed by atoms with Gasteiger partial charge in [0.2, 0.25) is 5.95 Å². The van der Waals surface area contributed by atoms with Crippen molar-refractivity contribution in [3.63, 3.8) is 0 Å². The number of aromatic nitrogens is 4. The largest absolute Gasteiger partial charge is 0.354 e. The first kappa shape index (κ1) is 16.8. The summed E-state index contributed by atoms with van der Waals surface area (Å²) >= 11 is 0. The quantitative estimate of drug-likeness (QED) is 0.916. The molecule has 1 fully saturated rings. The molecule has 22 heavy (non-hydrogen) atoms. The molecule has 8 heteroatoms. The second kappa shape index (κ2) is 7.11. The van der Waals surface area contributed by atoms with Gasteiger partial charge in [0, 0.05) is 39.8 Å². The highest BCUT2D eigenvalue weighted by molar-refractivity contribution is 5.88. The highest BCUT2D eigenvalue weighted by Crippen LogP contribution is 2.25. The highest BCUT2D eigenvalue weighted by Gasteiger charge is 2.21. The summed E-state index contributed by atoms with van der Waals surface area (Å²) < 4.78 is 1.81. The van der Waals surface area contributed by atoms with Crippen molar-refractivity contribution in [3.8, 4) is 0 Å². The summed E-state index contributed by atoms with van der Waals surface area (Å²) in [6, 6.07) is 0. The van der Waals surface area contributed by atoms with Crippen LogP contribution in [0.1, 0.15) is 13.8 Å². The monoisotopic (exact) mass is 325 g/mol. The molecule has 0 spiro atoms. The Morgan fingerprint density at radius 3 is 2.50 bits per heavy atom. The molecule has 0 radical (unpaired) electrons. The van der Waals surface area contributed by atoms with Gasteiger partial charge < -0.3 is 15.1 Å². The number of hydrogen-bond acceptors (Lipinski definition) is 6. The number of aryl methyl sites for hydroxylation is 1. The van der Waals surface area contributed by atoms with Crippen LogP contribution in [0.15, 0.2) is 6.20 Å². The number of nitrogens with zero attached hydrogens (tertiary/aromatic N) is 6. The molecule has 1 saturated heterocycles. The summed E-state index contributed by atoms with van der Waals surface area (Å²) in [5.74, 6) is 1.68. The standard InChI is InChI=1S/C14H23N7.ClH/c1-4-15-14-17-12-11(10-16-19(12)3)13(18-14)21-8-6-20(5-2)7-9-21;/h10H,4-9H2,1-3H3,(H,15,17,18);1H. The Bertz CT molecular complexity index is 619. The lowest BCUT2D eigenvalue weighted by atomic mass is 10.3. The Hall–Kier alpha value is -1.60. The van der Waals surface area contributed by atoms with Crippen LogP contribution in [0.2, 0.25) is 0 Å². The van der Waals surface area contributed by atoms with Crippen LogP contribution in [0.4, 0.5) is 11.8 Å². The van der Waals surface area contributed by atoms with E-state index < -0.39 is 0 Å². The molecule has 0 unspecified atom stereocenters. The van der Waals surface area contributed by atoms with Crippen LogP contribution in [0.25, 0.3) is 11.0 Å². The van der Waals surface area contributed by atoms with Crippen molar-refractivity contribution in [1.29, 1.82) is 0 Å². The van der Waals surface area contributed by atoms with E-state index in [1.54, 1.807) is 0 Å². The van der Waals surface area contributed by atoms with Crippen molar-refractivity contribution >= 4 is 35.2 Å². The van der Waals surface area contributed by atoms with Gasteiger partial charge in [-0.05, 0) is 13.5 Å². The molecule has 2 aromatic heterocycles. The zero-order valence-electron chi connectivity index (χ0n) is 13.4. The van der Waals surface area contributed by atoms with E-state index in [9.17, 15) is 0 Å². The van der Waals surface area contributed by atoms with E-state index in [1.807, 2.05) is 17.9 Å². The second-order valence-electron chi connectivity index (χ2n) is 5.33. The zero-order chi connectivity index (χ0) is 14.8. The van der Waals surface area contributed by atoms with E-state index in [2.05, 4.69) is 39.0 Å². The first-order valence-corrected chi connectivity index (χ1v) is 7.63. The average molecular weight is 326 g/mol. The molecule has 1 aliphatic rings. The van der Waals surface area contributed by atoms with Crippen molar-refractivity contribution in [1.82, 2.24) is 24.6 Å². The summed E-state index contributed by atoms with van der Waals surface area (Å²) in [4.78, 5) is 14.1. The Morgan fingerprint density at radius 2 is 1.86 bits per heavy atom. The fourth-order valence-electron chi connectivity index (χ4n) is 2.76. The van der Waals surface area contributed by atoms with Crippen LogP contribution in [0.5, 0.6) is 0 Å². The third kappa shape index (κ3) is 3.10. The van der Waals surface area contributed by atoms with Crippen molar-refractivity contribution < 1.29 is 0 Å². The van der Waals surface area contributed by atoms with E-state index in [0.29, 0.717) is 5.95 Å². The molecule has 3 heterocycles. The number of hydrogen-bond donors (Lipinski definition) is 1. The molecule has 3 rings (SSSR count). The number of likely N-dealkylation sites (N-methyl/N-ethyl adjacent to an activating group) is 1.